The normalized spacial score (nSPS) is 12.3. The van der Waals surface area contributed by atoms with Crippen LogP contribution in [0.1, 0.15) is 37.4 Å². The van der Waals surface area contributed by atoms with Crippen LogP contribution in [0.15, 0.2) is 72.8 Å². The number of nitrogens with zero attached hydrogens (tertiary/aromatic N) is 1. The first-order chi connectivity index (χ1) is 14.0. The molecule has 0 atom stereocenters. The van der Waals surface area contributed by atoms with Crippen molar-refractivity contribution >= 4 is 11.8 Å². The molecule has 3 aromatic rings. The first-order valence-electron chi connectivity index (χ1n) is 9.63. The average molecular weight is 387 g/mol. The highest BCUT2D eigenvalue weighted by atomic mass is 16.5. The highest BCUT2D eigenvalue weighted by Crippen LogP contribution is 2.24. The van der Waals surface area contributed by atoms with Crippen molar-refractivity contribution < 1.29 is 14.3 Å². The van der Waals surface area contributed by atoms with E-state index in [2.05, 4.69) is 6.07 Å². The largest absolute Gasteiger partial charge is 0.492 e. The van der Waals surface area contributed by atoms with Crippen LogP contribution in [0.4, 0.5) is 0 Å². The van der Waals surface area contributed by atoms with E-state index in [1.165, 1.54) is 4.90 Å². The highest BCUT2D eigenvalue weighted by Gasteiger charge is 2.35. The fourth-order valence-electron chi connectivity index (χ4n) is 3.26. The Hall–Kier alpha value is -3.40. The number of fused-ring (bicyclic) bond motifs is 1. The van der Waals surface area contributed by atoms with Gasteiger partial charge in [0.2, 0.25) is 0 Å². The van der Waals surface area contributed by atoms with E-state index in [0.717, 1.165) is 22.4 Å². The van der Waals surface area contributed by atoms with E-state index in [-0.39, 0.29) is 25.0 Å². The number of aryl methyl sites for hydroxylation is 3. The number of ether oxygens (including phenoxy) is 1. The van der Waals surface area contributed by atoms with Gasteiger partial charge in [0.15, 0.2) is 0 Å². The maximum absolute atomic E-state index is 12.4. The summed E-state index contributed by atoms with van der Waals surface area (Å²) < 4.78 is 5.70. The molecule has 0 saturated carbocycles. The van der Waals surface area contributed by atoms with Crippen LogP contribution >= 0.6 is 0 Å². The first-order valence-corrected chi connectivity index (χ1v) is 9.63. The van der Waals surface area contributed by atoms with Crippen molar-refractivity contribution in [2.75, 3.05) is 13.2 Å². The molecule has 0 radical (unpaired) electrons. The van der Waals surface area contributed by atoms with E-state index in [1.54, 1.807) is 12.1 Å². The number of imide groups is 1. The second-order valence-electron chi connectivity index (χ2n) is 7.14. The number of amides is 2. The minimum atomic E-state index is -0.242. The zero-order valence-electron chi connectivity index (χ0n) is 17.0. The summed E-state index contributed by atoms with van der Waals surface area (Å²) >= 11 is 0. The van der Waals surface area contributed by atoms with E-state index < -0.39 is 0 Å². The summed E-state index contributed by atoms with van der Waals surface area (Å²) in [6.07, 6.45) is 0. The van der Waals surface area contributed by atoms with Crippen molar-refractivity contribution in [2.24, 2.45) is 0 Å². The summed E-state index contributed by atoms with van der Waals surface area (Å²) in [4.78, 5) is 25.9. The molecular formula is C25H25NO3. The van der Waals surface area contributed by atoms with E-state index in [4.69, 9.17) is 4.74 Å². The van der Waals surface area contributed by atoms with Gasteiger partial charge in [0.05, 0.1) is 17.7 Å². The van der Waals surface area contributed by atoms with Gasteiger partial charge in [-0.25, -0.2) is 0 Å². The number of carbonyl (C=O) groups is 2. The quantitative estimate of drug-likeness (QED) is 0.594. The predicted octanol–water partition coefficient (Wildman–Crippen LogP) is 4.97. The molecule has 0 unspecified atom stereocenters. The van der Waals surface area contributed by atoms with Gasteiger partial charge in [-0.15, -0.1) is 0 Å². The summed E-state index contributed by atoms with van der Waals surface area (Å²) in [5.74, 6) is 0.279. The van der Waals surface area contributed by atoms with Gasteiger partial charge < -0.3 is 4.74 Å². The Morgan fingerprint density at radius 2 is 1.24 bits per heavy atom. The molecule has 0 N–H and O–H groups in total. The molecule has 148 valence electrons. The number of hydrogen-bond acceptors (Lipinski definition) is 3. The number of benzene rings is 3. The lowest BCUT2D eigenvalue weighted by Crippen LogP contribution is -2.33. The monoisotopic (exact) mass is 387 g/mol. The van der Waals surface area contributed by atoms with Crippen LogP contribution in [-0.4, -0.2) is 29.9 Å². The molecule has 3 aromatic carbocycles. The van der Waals surface area contributed by atoms with Gasteiger partial charge in [0, 0.05) is 0 Å². The molecule has 0 saturated heterocycles. The van der Waals surface area contributed by atoms with Gasteiger partial charge in [-0.3, -0.25) is 14.5 Å². The average Bonchev–Trinajstić information content (AvgIpc) is 2.93. The molecule has 4 rings (SSSR count). The van der Waals surface area contributed by atoms with Gasteiger partial charge in [0.1, 0.15) is 12.4 Å². The van der Waals surface area contributed by atoms with Gasteiger partial charge in [0.25, 0.3) is 11.8 Å². The number of carbonyl (C=O) groups excluding carboxylic acids is 2. The first kappa shape index (κ1) is 20.3. The van der Waals surface area contributed by atoms with Crippen LogP contribution in [0.5, 0.6) is 5.75 Å². The van der Waals surface area contributed by atoms with E-state index in [1.807, 2.05) is 75.4 Å². The summed E-state index contributed by atoms with van der Waals surface area (Å²) in [5, 5.41) is 0. The van der Waals surface area contributed by atoms with E-state index in [9.17, 15) is 9.59 Å². The second kappa shape index (κ2) is 9.20. The lowest BCUT2D eigenvalue weighted by Gasteiger charge is -2.15. The summed E-state index contributed by atoms with van der Waals surface area (Å²) in [5.41, 5.74) is 4.18. The van der Waals surface area contributed by atoms with Crippen molar-refractivity contribution in [1.29, 1.82) is 0 Å². The second-order valence-corrected chi connectivity index (χ2v) is 7.14. The number of hydrogen-bond donors (Lipinski definition) is 0. The molecule has 0 bridgehead atoms. The Bertz CT molecular complexity index is 965. The fourth-order valence-corrected chi connectivity index (χ4v) is 3.26. The summed E-state index contributed by atoms with van der Waals surface area (Å²) in [6.45, 7) is 6.45. The van der Waals surface area contributed by atoms with Crippen LogP contribution in [-0.2, 0) is 0 Å². The standard InChI is InChI=1S/C19H19NO3.C6H6/c1-12-4-5-16-17(11-12)19(22)20(18(16)21)6-7-23-15-9-13(2)8-14(3)10-15;1-2-4-6-5-3-1/h4-5,8-11H,6-7H2,1-3H3;1-6H. The lowest BCUT2D eigenvalue weighted by molar-refractivity contribution is 0.0631. The zero-order chi connectivity index (χ0) is 20.8. The molecule has 0 fully saturated rings. The molecule has 4 heteroatoms. The third-order valence-electron chi connectivity index (χ3n) is 4.57. The summed E-state index contributed by atoms with van der Waals surface area (Å²) in [7, 11) is 0. The molecule has 1 aliphatic rings. The van der Waals surface area contributed by atoms with Crippen molar-refractivity contribution in [3.63, 3.8) is 0 Å². The van der Waals surface area contributed by atoms with Crippen molar-refractivity contribution in [3.8, 4) is 5.75 Å². The Labute approximate surface area is 171 Å². The molecule has 0 aliphatic carbocycles. The minimum Gasteiger partial charge on any atom is -0.492 e. The van der Waals surface area contributed by atoms with Crippen molar-refractivity contribution in [3.05, 3.63) is 101 Å². The Kier molecular flexibility index (Phi) is 6.45. The third kappa shape index (κ3) is 5.11. The maximum atomic E-state index is 12.4. The Morgan fingerprint density at radius 1 is 0.690 bits per heavy atom. The molecule has 1 aliphatic heterocycles. The number of rotatable bonds is 4. The van der Waals surface area contributed by atoms with E-state index >= 15 is 0 Å². The highest BCUT2D eigenvalue weighted by molar-refractivity contribution is 6.21. The SMILES string of the molecule is Cc1cc(C)cc(OCCN2C(=O)c3ccc(C)cc3C2=O)c1.c1ccccc1. The van der Waals surface area contributed by atoms with Crippen molar-refractivity contribution in [2.45, 2.75) is 20.8 Å². The topological polar surface area (TPSA) is 46.6 Å². The van der Waals surface area contributed by atoms with Crippen LogP contribution in [0.3, 0.4) is 0 Å². The fraction of sp³-hybridized carbons (Fsp3) is 0.200. The molecule has 29 heavy (non-hydrogen) atoms. The summed E-state index contributed by atoms with van der Waals surface area (Å²) in [6, 6.07) is 23.3. The Balaban J connectivity index is 0.000000343. The molecular weight excluding hydrogens is 362 g/mol. The Morgan fingerprint density at radius 3 is 1.83 bits per heavy atom. The van der Waals surface area contributed by atoms with Gasteiger partial charge in [-0.1, -0.05) is 54.1 Å². The van der Waals surface area contributed by atoms with Crippen LogP contribution in [0.25, 0.3) is 0 Å². The third-order valence-corrected chi connectivity index (χ3v) is 4.57. The molecule has 4 nitrogen and oxygen atoms in total. The van der Waals surface area contributed by atoms with Gasteiger partial charge in [-0.2, -0.15) is 0 Å². The molecule has 1 heterocycles. The smallest absolute Gasteiger partial charge is 0.261 e. The molecule has 2 amide bonds. The van der Waals surface area contributed by atoms with E-state index in [0.29, 0.717) is 11.1 Å². The molecule has 0 spiro atoms. The van der Waals surface area contributed by atoms with Gasteiger partial charge >= 0.3 is 0 Å². The minimum absolute atomic E-state index is 0.238. The maximum Gasteiger partial charge on any atom is 0.261 e. The molecule has 0 aromatic heterocycles. The van der Waals surface area contributed by atoms with Crippen molar-refractivity contribution in [1.82, 2.24) is 4.90 Å². The lowest BCUT2D eigenvalue weighted by atomic mass is 10.1. The predicted molar refractivity (Wildman–Crippen MR) is 114 cm³/mol. The van der Waals surface area contributed by atoms with Crippen LogP contribution in [0, 0.1) is 20.8 Å². The van der Waals surface area contributed by atoms with Crippen LogP contribution < -0.4 is 4.74 Å². The zero-order valence-corrected chi connectivity index (χ0v) is 17.0. The van der Waals surface area contributed by atoms with Crippen LogP contribution in [0.2, 0.25) is 0 Å². The van der Waals surface area contributed by atoms with Gasteiger partial charge in [-0.05, 0) is 56.2 Å².